The lowest BCUT2D eigenvalue weighted by Crippen LogP contribution is -2.55. The van der Waals surface area contributed by atoms with Crippen molar-refractivity contribution < 1.29 is 29.0 Å². The van der Waals surface area contributed by atoms with Crippen molar-refractivity contribution >= 4 is 11.8 Å². The van der Waals surface area contributed by atoms with Crippen molar-refractivity contribution in [3.63, 3.8) is 0 Å². The summed E-state index contributed by atoms with van der Waals surface area (Å²) in [6.45, 7) is 2.40. The maximum Gasteiger partial charge on any atom is 0.247 e. The second-order valence-corrected chi connectivity index (χ2v) is 10.9. The van der Waals surface area contributed by atoms with E-state index in [1.165, 1.54) is 38.5 Å². The summed E-state index contributed by atoms with van der Waals surface area (Å²) in [7, 11) is 0. The van der Waals surface area contributed by atoms with E-state index in [2.05, 4.69) is 12.2 Å². The van der Waals surface area contributed by atoms with Crippen LogP contribution in [0.3, 0.4) is 0 Å². The Morgan fingerprint density at radius 2 is 1.73 bits per heavy atom. The number of amides is 2. The average molecular weight is 553 g/mol. The minimum atomic E-state index is -1.04. The van der Waals surface area contributed by atoms with Gasteiger partial charge in [-0.15, -0.1) is 0 Å². The molecule has 0 spiro atoms. The topological polar surface area (TPSA) is 112 Å². The summed E-state index contributed by atoms with van der Waals surface area (Å²) >= 11 is 0. The highest BCUT2D eigenvalue weighted by Crippen LogP contribution is 2.47. The Morgan fingerprint density at radius 1 is 1.00 bits per heavy atom. The number of hydrogen-bond acceptors (Lipinski definition) is 6. The standard InChI is InChI=1S/C32H44N2O6/c1-2-3-4-5-6-7-8-9-10-15-28(36)34(21-23-16-19-39-22-23)26-20-25(32(38)33-17-18-35)29-24-13-11-12-14-27(24)40-31(29)30(26)37/h11-14,16,19-20,22,26,29-31,35,37H,2-10,15,17-18,21H2,1H3,(H,33,38)/t26-,29+,30+,31+/m1/s1. The van der Waals surface area contributed by atoms with Gasteiger partial charge in [0.25, 0.3) is 0 Å². The van der Waals surface area contributed by atoms with E-state index < -0.39 is 24.2 Å². The van der Waals surface area contributed by atoms with Crippen LogP contribution in [0.25, 0.3) is 0 Å². The Morgan fingerprint density at radius 3 is 2.42 bits per heavy atom. The van der Waals surface area contributed by atoms with E-state index in [-0.39, 0.29) is 31.5 Å². The van der Waals surface area contributed by atoms with E-state index in [4.69, 9.17) is 9.15 Å². The van der Waals surface area contributed by atoms with Gasteiger partial charge in [-0.05, 0) is 24.6 Å². The van der Waals surface area contributed by atoms with Crippen LogP contribution in [-0.2, 0) is 16.1 Å². The van der Waals surface area contributed by atoms with Gasteiger partial charge in [-0.2, -0.15) is 0 Å². The number of carbonyl (C=O) groups excluding carboxylic acids is 2. The number of rotatable bonds is 16. The Balaban J connectivity index is 1.50. The number of aliphatic hydroxyl groups excluding tert-OH is 2. The van der Waals surface area contributed by atoms with Crippen LogP contribution < -0.4 is 10.1 Å². The van der Waals surface area contributed by atoms with Crippen molar-refractivity contribution in [2.75, 3.05) is 13.2 Å². The summed E-state index contributed by atoms with van der Waals surface area (Å²) in [5.74, 6) is -0.255. The number of fused-ring (bicyclic) bond motifs is 3. The molecule has 2 aliphatic rings. The van der Waals surface area contributed by atoms with Crippen LogP contribution in [0.4, 0.5) is 0 Å². The first-order chi connectivity index (χ1) is 19.5. The third kappa shape index (κ3) is 7.34. The zero-order valence-electron chi connectivity index (χ0n) is 23.6. The number of benzene rings is 1. The van der Waals surface area contributed by atoms with Gasteiger partial charge >= 0.3 is 0 Å². The summed E-state index contributed by atoms with van der Waals surface area (Å²) in [6, 6.07) is 8.51. The first kappa shape index (κ1) is 29.9. The number of unbranched alkanes of at least 4 members (excludes halogenated alkanes) is 8. The van der Waals surface area contributed by atoms with Gasteiger partial charge in [-0.25, -0.2) is 0 Å². The van der Waals surface area contributed by atoms with Crippen LogP contribution in [0.2, 0.25) is 0 Å². The number of carbonyl (C=O) groups is 2. The van der Waals surface area contributed by atoms with E-state index in [0.717, 1.165) is 30.4 Å². The summed E-state index contributed by atoms with van der Waals surface area (Å²) < 4.78 is 11.4. The molecule has 8 nitrogen and oxygen atoms in total. The van der Waals surface area contributed by atoms with Crippen molar-refractivity contribution in [3.05, 3.63) is 65.6 Å². The first-order valence-corrected chi connectivity index (χ1v) is 14.9. The quantitative estimate of drug-likeness (QED) is 0.257. The smallest absolute Gasteiger partial charge is 0.247 e. The molecule has 3 N–H and O–H groups in total. The van der Waals surface area contributed by atoms with Crippen LogP contribution in [0.1, 0.15) is 88.2 Å². The normalized spacial score (nSPS) is 21.2. The molecule has 8 heteroatoms. The van der Waals surface area contributed by atoms with Gasteiger partial charge in [-0.1, -0.05) is 76.5 Å². The Bertz CT molecular complexity index is 1110. The van der Waals surface area contributed by atoms with Gasteiger partial charge in [0.05, 0.1) is 31.1 Å². The van der Waals surface area contributed by atoms with Crippen LogP contribution in [-0.4, -0.2) is 58.3 Å². The predicted molar refractivity (Wildman–Crippen MR) is 153 cm³/mol. The number of para-hydroxylation sites is 1. The van der Waals surface area contributed by atoms with Crippen LogP contribution in [0.5, 0.6) is 5.75 Å². The van der Waals surface area contributed by atoms with Crippen LogP contribution in [0.15, 0.2) is 58.9 Å². The molecule has 1 aromatic carbocycles. The lowest BCUT2D eigenvalue weighted by Gasteiger charge is -2.40. The van der Waals surface area contributed by atoms with E-state index in [1.807, 2.05) is 24.3 Å². The zero-order chi connectivity index (χ0) is 28.3. The first-order valence-electron chi connectivity index (χ1n) is 14.9. The molecule has 2 heterocycles. The molecule has 0 radical (unpaired) electrons. The number of nitrogens with one attached hydrogen (secondary N) is 1. The molecule has 4 atom stereocenters. The predicted octanol–water partition coefficient (Wildman–Crippen LogP) is 4.85. The molecule has 4 rings (SSSR count). The van der Waals surface area contributed by atoms with Crippen LogP contribution in [0, 0.1) is 0 Å². The highest BCUT2D eigenvalue weighted by Gasteiger charge is 2.50. The zero-order valence-corrected chi connectivity index (χ0v) is 23.6. The molecule has 2 amide bonds. The molecule has 0 saturated heterocycles. The number of ether oxygens (including phenoxy) is 1. The third-order valence-electron chi connectivity index (χ3n) is 7.98. The van der Waals surface area contributed by atoms with E-state index in [9.17, 15) is 19.8 Å². The lowest BCUT2D eigenvalue weighted by atomic mass is 9.77. The molecule has 40 heavy (non-hydrogen) atoms. The average Bonchev–Trinajstić information content (AvgIpc) is 3.62. The van der Waals surface area contributed by atoms with Gasteiger partial charge < -0.3 is 29.6 Å². The molecule has 218 valence electrons. The van der Waals surface area contributed by atoms with Crippen molar-refractivity contribution in [3.8, 4) is 5.75 Å². The Labute approximate surface area is 237 Å². The van der Waals surface area contributed by atoms with Crippen molar-refractivity contribution in [1.29, 1.82) is 0 Å². The van der Waals surface area contributed by atoms with Crippen molar-refractivity contribution in [2.24, 2.45) is 0 Å². The van der Waals surface area contributed by atoms with E-state index in [0.29, 0.717) is 17.7 Å². The van der Waals surface area contributed by atoms with Gasteiger partial charge in [0.2, 0.25) is 11.8 Å². The number of hydrogen-bond donors (Lipinski definition) is 3. The molecule has 2 aromatic rings. The van der Waals surface area contributed by atoms with Gasteiger partial charge in [0.1, 0.15) is 18.0 Å². The summed E-state index contributed by atoms with van der Waals surface area (Å²) in [5.41, 5.74) is 2.08. The summed E-state index contributed by atoms with van der Waals surface area (Å²) in [5, 5.41) is 23.6. The maximum atomic E-state index is 13.7. The summed E-state index contributed by atoms with van der Waals surface area (Å²) in [4.78, 5) is 28.6. The molecule has 1 aliphatic carbocycles. The van der Waals surface area contributed by atoms with Crippen molar-refractivity contribution in [1.82, 2.24) is 10.2 Å². The van der Waals surface area contributed by atoms with Crippen LogP contribution >= 0.6 is 0 Å². The SMILES string of the molecule is CCCCCCCCCCCC(=O)N(Cc1ccoc1)[C@@H]1C=C(C(=O)NCCO)[C@@H]2c3ccccc3O[C@@H]2[C@H]1O. The largest absolute Gasteiger partial charge is 0.486 e. The molecule has 0 saturated carbocycles. The molecule has 1 aromatic heterocycles. The number of nitrogens with zero attached hydrogens (tertiary/aromatic N) is 1. The minimum Gasteiger partial charge on any atom is -0.486 e. The third-order valence-corrected chi connectivity index (χ3v) is 7.98. The molecule has 0 bridgehead atoms. The Kier molecular flexibility index (Phi) is 11.2. The second-order valence-electron chi connectivity index (χ2n) is 10.9. The monoisotopic (exact) mass is 552 g/mol. The molecular formula is C32H44N2O6. The molecule has 1 aliphatic heterocycles. The van der Waals surface area contributed by atoms with Gasteiger partial charge in [0.15, 0.2) is 0 Å². The van der Waals surface area contributed by atoms with Gasteiger partial charge in [0, 0.05) is 36.2 Å². The highest BCUT2D eigenvalue weighted by molar-refractivity contribution is 5.96. The van der Waals surface area contributed by atoms with E-state index >= 15 is 0 Å². The van der Waals surface area contributed by atoms with Crippen molar-refractivity contribution in [2.45, 2.75) is 102 Å². The molecule has 0 fully saturated rings. The number of aliphatic hydroxyl groups is 2. The fourth-order valence-corrected chi connectivity index (χ4v) is 5.86. The number of furan rings is 1. The maximum absolute atomic E-state index is 13.7. The lowest BCUT2D eigenvalue weighted by molar-refractivity contribution is -0.138. The highest BCUT2D eigenvalue weighted by atomic mass is 16.5. The van der Waals surface area contributed by atoms with Gasteiger partial charge in [-0.3, -0.25) is 9.59 Å². The minimum absolute atomic E-state index is 0.0754. The van der Waals surface area contributed by atoms with E-state index in [1.54, 1.807) is 29.6 Å². The molecule has 0 unspecified atom stereocenters. The Hall–Kier alpha value is -3.10. The molecular weight excluding hydrogens is 508 g/mol. The summed E-state index contributed by atoms with van der Waals surface area (Å²) in [6.07, 6.45) is 13.9. The fraction of sp³-hybridized carbons (Fsp3) is 0.562. The fourth-order valence-electron chi connectivity index (χ4n) is 5.86. The second kappa shape index (κ2) is 15.1.